The Morgan fingerprint density at radius 1 is 0.816 bits per heavy atom. The molecule has 1 heterocycles. The molecule has 1 aromatic heterocycles. The normalized spacial score (nSPS) is 10.5. The molecule has 2 amide bonds. The largest absolute Gasteiger partial charge is 0.497 e. The third kappa shape index (κ3) is 6.09. The van der Waals surface area contributed by atoms with Crippen molar-refractivity contribution in [3.05, 3.63) is 78.2 Å². The van der Waals surface area contributed by atoms with Gasteiger partial charge in [0.05, 0.1) is 26.8 Å². The van der Waals surface area contributed by atoms with Gasteiger partial charge in [-0.2, -0.15) is 0 Å². The van der Waals surface area contributed by atoms with E-state index in [2.05, 4.69) is 15.6 Å². The summed E-state index contributed by atoms with van der Waals surface area (Å²) in [6.45, 7) is 0.260. The molecule has 3 aromatic carbocycles. The molecule has 196 valence electrons. The van der Waals surface area contributed by atoms with Gasteiger partial charge >= 0.3 is 11.8 Å². The summed E-state index contributed by atoms with van der Waals surface area (Å²) in [4.78, 5) is 28.7. The SMILES string of the molecule is COc1ccc(CCNC(=O)C(=O)Nc2ccc(Oc3ccnc4cc(OC)c(OC)cc34)c(F)c2)cc1. The zero-order valence-electron chi connectivity index (χ0n) is 21.0. The summed E-state index contributed by atoms with van der Waals surface area (Å²) in [7, 11) is 4.61. The second-order valence-corrected chi connectivity index (χ2v) is 8.09. The number of amides is 2. The summed E-state index contributed by atoms with van der Waals surface area (Å²) in [6.07, 6.45) is 2.06. The van der Waals surface area contributed by atoms with Crippen molar-refractivity contribution in [2.24, 2.45) is 0 Å². The number of anilines is 1. The Hall–Kier alpha value is -4.86. The van der Waals surface area contributed by atoms with Gasteiger partial charge in [-0.3, -0.25) is 14.6 Å². The van der Waals surface area contributed by atoms with Crippen molar-refractivity contribution < 1.29 is 32.9 Å². The lowest BCUT2D eigenvalue weighted by Gasteiger charge is -2.13. The zero-order valence-corrected chi connectivity index (χ0v) is 21.0. The summed E-state index contributed by atoms with van der Waals surface area (Å²) < 4.78 is 36.4. The molecule has 4 aromatic rings. The molecule has 0 atom stereocenters. The Morgan fingerprint density at radius 2 is 1.55 bits per heavy atom. The van der Waals surface area contributed by atoms with Gasteiger partial charge in [-0.05, 0) is 48.4 Å². The number of hydrogen-bond donors (Lipinski definition) is 2. The van der Waals surface area contributed by atoms with Gasteiger partial charge in [0, 0.05) is 35.9 Å². The van der Waals surface area contributed by atoms with Crippen LogP contribution >= 0.6 is 0 Å². The molecule has 0 unspecified atom stereocenters. The molecule has 0 fully saturated rings. The highest BCUT2D eigenvalue weighted by Crippen LogP contribution is 2.37. The smallest absolute Gasteiger partial charge is 0.313 e. The third-order valence-electron chi connectivity index (χ3n) is 5.68. The first-order chi connectivity index (χ1) is 18.4. The number of methoxy groups -OCH3 is 3. The first kappa shape index (κ1) is 26.2. The molecule has 9 nitrogen and oxygen atoms in total. The van der Waals surface area contributed by atoms with Crippen LogP contribution in [-0.4, -0.2) is 44.7 Å². The minimum absolute atomic E-state index is 0.0748. The van der Waals surface area contributed by atoms with Crippen LogP contribution in [0.2, 0.25) is 0 Å². The average Bonchev–Trinajstić information content (AvgIpc) is 2.94. The fourth-order valence-electron chi connectivity index (χ4n) is 3.70. The van der Waals surface area contributed by atoms with Crippen LogP contribution in [0.4, 0.5) is 10.1 Å². The monoisotopic (exact) mass is 519 g/mol. The van der Waals surface area contributed by atoms with Crippen LogP contribution in [-0.2, 0) is 16.0 Å². The van der Waals surface area contributed by atoms with E-state index in [0.29, 0.717) is 34.6 Å². The molecule has 38 heavy (non-hydrogen) atoms. The molecule has 0 saturated carbocycles. The molecule has 4 rings (SSSR count). The molecule has 0 radical (unpaired) electrons. The standard InChI is InChI=1S/C28H26FN3O6/c1-35-19-7-4-17(5-8-19)10-12-31-27(33)28(34)32-18-6-9-24(21(29)14-18)38-23-11-13-30-22-16-26(37-3)25(36-2)15-20(22)23/h4-9,11,13-16H,10,12H2,1-3H3,(H,31,33)(H,32,34). The zero-order chi connectivity index (χ0) is 27.1. The maximum absolute atomic E-state index is 14.8. The second kappa shape index (κ2) is 11.9. The van der Waals surface area contributed by atoms with Gasteiger partial charge in [-0.1, -0.05) is 12.1 Å². The number of rotatable bonds is 9. The lowest BCUT2D eigenvalue weighted by molar-refractivity contribution is -0.136. The number of ether oxygens (including phenoxy) is 4. The minimum Gasteiger partial charge on any atom is -0.497 e. The van der Waals surface area contributed by atoms with Gasteiger partial charge in [0.15, 0.2) is 23.1 Å². The number of carbonyl (C=O) groups is 2. The van der Waals surface area contributed by atoms with Gasteiger partial charge in [-0.15, -0.1) is 0 Å². The van der Waals surface area contributed by atoms with Crippen molar-refractivity contribution in [1.82, 2.24) is 10.3 Å². The fraction of sp³-hybridized carbons (Fsp3) is 0.179. The molecule has 10 heteroatoms. The van der Waals surface area contributed by atoms with E-state index in [0.717, 1.165) is 17.4 Å². The van der Waals surface area contributed by atoms with Gasteiger partial charge in [-0.25, -0.2) is 4.39 Å². The van der Waals surface area contributed by atoms with Gasteiger partial charge in [0.25, 0.3) is 0 Å². The highest BCUT2D eigenvalue weighted by molar-refractivity contribution is 6.39. The maximum atomic E-state index is 14.8. The number of fused-ring (bicyclic) bond motifs is 1. The fourth-order valence-corrected chi connectivity index (χ4v) is 3.70. The van der Waals surface area contributed by atoms with Crippen LogP contribution in [0.5, 0.6) is 28.7 Å². The van der Waals surface area contributed by atoms with Crippen molar-refractivity contribution in [2.75, 3.05) is 33.2 Å². The summed E-state index contributed by atoms with van der Waals surface area (Å²) >= 11 is 0. The Balaban J connectivity index is 1.38. The van der Waals surface area contributed by atoms with Crippen molar-refractivity contribution in [3.63, 3.8) is 0 Å². The summed E-state index contributed by atoms with van der Waals surface area (Å²) in [5.41, 5.74) is 1.65. The maximum Gasteiger partial charge on any atom is 0.313 e. The van der Waals surface area contributed by atoms with Gasteiger partial charge in [0.1, 0.15) is 11.5 Å². The van der Waals surface area contributed by atoms with E-state index < -0.39 is 17.6 Å². The van der Waals surface area contributed by atoms with Crippen molar-refractivity contribution >= 4 is 28.4 Å². The van der Waals surface area contributed by atoms with Crippen molar-refractivity contribution in [1.29, 1.82) is 0 Å². The summed E-state index contributed by atoms with van der Waals surface area (Å²) in [5.74, 6) is -0.485. The molecule has 0 saturated heterocycles. The van der Waals surface area contributed by atoms with Crippen LogP contribution < -0.4 is 29.6 Å². The second-order valence-electron chi connectivity index (χ2n) is 8.09. The highest BCUT2D eigenvalue weighted by Gasteiger charge is 2.16. The summed E-state index contributed by atoms with van der Waals surface area (Å²) in [5, 5.41) is 5.53. The van der Waals surface area contributed by atoms with Crippen LogP contribution in [0, 0.1) is 5.82 Å². The van der Waals surface area contributed by atoms with E-state index >= 15 is 0 Å². The molecular formula is C28H26FN3O6. The highest BCUT2D eigenvalue weighted by atomic mass is 19.1. The van der Waals surface area contributed by atoms with Crippen LogP contribution in [0.3, 0.4) is 0 Å². The topological polar surface area (TPSA) is 108 Å². The van der Waals surface area contributed by atoms with E-state index in [-0.39, 0.29) is 18.0 Å². The number of aromatic nitrogens is 1. The number of nitrogens with zero attached hydrogens (tertiary/aromatic N) is 1. The van der Waals surface area contributed by atoms with Crippen molar-refractivity contribution in [3.8, 4) is 28.7 Å². The average molecular weight is 520 g/mol. The molecule has 0 aliphatic carbocycles. The molecule has 0 aliphatic rings. The number of nitrogens with one attached hydrogen (secondary N) is 2. The molecule has 0 spiro atoms. The van der Waals surface area contributed by atoms with E-state index in [1.807, 2.05) is 24.3 Å². The lowest BCUT2D eigenvalue weighted by atomic mass is 10.1. The number of benzene rings is 3. The van der Waals surface area contributed by atoms with Crippen LogP contribution in [0.25, 0.3) is 10.9 Å². The summed E-state index contributed by atoms with van der Waals surface area (Å²) in [6, 6.07) is 16.2. The number of halogens is 1. The quantitative estimate of drug-likeness (QED) is 0.314. The van der Waals surface area contributed by atoms with E-state index in [9.17, 15) is 14.0 Å². The third-order valence-corrected chi connectivity index (χ3v) is 5.68. The number of pyridine rings is 1. The predicted octanol–water partition coefficient (Wildman–Crippen LogP) is 4.49. The molecule has 2 N–H and O–H groups in total. The van der Waals surface area contributed by atoms with E-state index in [1.165, 1.54) is 32.5 Å². The first-order valence-corrected chi connectivity index (χ1v) is 11.6. The van der Waals surface area contributed by atoms with Gasteiger partial charge in [0.2, 0.25) is 0 Å². The van der Waals surface area contributed by atoms with E-state index in [4.69, 9.17) is 18.9 Å². The molecule has 0 aliphatic heterocycles. The van der Waals surface area contributed by atoms with E-state index in [1.54, 1.807) is 25.3 Å². The lowest BCUT2D eigenvalue weighted by Crippen LogP contribution is -2.36. The van der Waals surface area contributed by atoms with Crippen LogP contribution in [0.15, 0.2) is 66.9 Å². The number of carbonyl (C=O) groups excluding carboxylic acids is 2. The van der Waals surface area contributed by atoms with Crippen molar-refractivity contribution in [2.45, 2.75) is 6.42 Å². The minimum atomic E-state index is -0.908. The molecular weight excluding hydrogens is 493 g/mol. The Morgan fingerprint density at radius 3 is 2.24 bits per heavy atom. The predicted molar refractivity (Wildman–Crippen MR) is 140 cm³/mol. The van der Waals surface area contributed by atoms with Gasteiger partial charge < -0.3 is 29.6 Å². The Bertz CT molecular complexity index is 1460. The Labute approximate surface area is 218 Å². The Kier molecular flexibility index (Phi) is 8.22. The number of hydrogen-bond acceptors (Lipinski definition) is 7. The first-order valence-electron chi connectivity index (χ1n) is 11.6. The van der Waals surface area contributed by atoms with Crippen LogP contribution in [0.1, 0.15) is 5.56 Å². The molecule has 0 bridgehead atoms.